The predicted molar refractivity (Wildman–Crippen MR) is 85.8 cm³/mol. The van der Waals surface area contributed by atoms with Crippen molar-refractivity contribution < 1.29 is 18.8 Å². The second-order valence-corrected chi connectivity index (χ2v) is 5.23. The molecular weight excluding hydrogens is 336 g/mol. The number of carbonyl (C=O) groups excluding carboxylic acids is 3. The average Bonchev–Trinajstić information content (AvgIpc) is 3.07. The van der Waals surface area contributed by atoms with Gasteiger partial charge in [0.1, 0.15) is 0 Å². The second kappa shape index (κ2) is 8.02. The van der Waals surface area contributed by atoms with Crippen molar-refractivity contribution in [2.24, 2.45) is 5.73 Å². The van der Waals surface area contributed by atoms with Gasteiger partial charge in [-0.15, -0.1) is 0 Å². The van der Waals surface area contributed by atoms with E-state index in [4.69, 9.17) is 21.8 Å². The van der Waals surface area contributed by atoms with Gasteiger partial charge in [0.05, 0.1) is 18.7 Å². The molecule has 126 valence electrons. The number of furan rings is 1. The largest absolute Gasteiger partial charge is 0.459 e. The number of hydrazine groups is 1. The molecular formula is C15H15ClN4O4. The summed E-state index contributed by atoms with van der Waals surface area (Å²) < 4.78 is 4.89. The van der Waals surface area contributed by atoms with Gasteiger partial charge in [-0.3, -0.25) is 20.4 Å². The van der Waals surface area contributed by atoms with Gasteiger partial charge in [0.15, 0.2) is 5.76 Å². The molecule has 0 aliphatic heterocycles. The smallest absolute Gasteiger partial charge is 0.312 e. The van der Waals surface area contributed by atoms with E-state index in [-0.39, 0.29) is 12.2 Å². The number of halogens is 1. The maximum atomic E-state index is 12.0. The van der Waals surface area contributed by atoms with Crippen LogP contribution in [-0.4, -0.2) is 17.8 Å². The number of hydrogen-bond donors (Lipinski definition) is 4. The molecule has 0 aliphatic rings. The number of benzene rings is 1. The van der Waals surface area contributed by atoms with Crippen molar-refractivity contribution in [3.63, 3.8) is 0 Å². The monoisotopic (exact) mass is 350 g/mol. The maximum absolute atomic E-state index is 12.0. The number of nitrogens with one attached hydrogen (secondary N) is 3. The molecule has 4 amide bonds. The summed E-state index contributed by atoms with van der Waals surface area (Å²) in [5, 5.41) is 2.99. The van der Waals surface area contributed by atoms with E-state index in [1.165, 1.54) is 12.3 Å². The Hall–Kier alpha value is -3.00. The standard InChI is InChI=1S/C15H15ClN4O4/c16-10-5-3-9(4-6-10)11(18-15(17)23)8-13(21)19-20-14(22)12-2-1-7-24-12/h1-7,11H,8H2,(H,19,21)(H,20,22)(H3,17,18,23)/t11-/m0/s1. The summed E-state index contributed by atoms with van der Waals surface area (Å²) in [6.07, 6.45) is 1.20. The summed E-state index contributed by atoms with van der Waals surface area (Å²) in [4.78, 5) is 34.8. The highest BCUT2D eigenvalue weighted by Gasteiger charge is 2.18. The highest BCUT2D eigenvalue weighted by Crippen LogP contribution is 2.19. The normalized spacial score (nSPS) is 11.4. The fourth-order valence-electron chi connectivity index (χ4n) is 1.95. The minimum Gasteiger partial charge on any atom is -0.459 e. The van der Waals surface area contributed by atoms with Crippen LogP contribution in [0.5, 0.6) is 0 Å². The molecule has 0 saturated carbocycles. The number of urea groups is 1. The molecule has 1 atom stereocenters. The minimum atomic E-state index is -0.776. The zero-order valence-electron chi connectivity index (χ0n) is 12.4. The third kappa shape index (κ3) is 5.03. The van der Waals surface area contributed by atoms with Gasteiger partial charge in [-0.25, -0.2) is 4.79 Å². The molecule has 2 rings (SSSR count). The van der Waals surface area contributed by atoms with Crippen LogP contribution in [0.3, 0.4) is 0 Å². The van der Waals surface area contributed by atoms with Crippen molar-refractivity contribution in [2.75, 3.05) is 0 Å². The zero-order valence-corrected chi connectivity index (χ0v) is 13.2. The molecule has 24 heavy (non-hydrogen) atoms. The average molecular weight is 351 g/mol. The Balaban J connectivity index is 1.95. The Morgan fingerprint density at radius 1 is 1.12 bits per heavy atom. The van der Waals surface area contributed by atoms with Gasteiger partial charge in [-0.2, -0.15) is 0 Å². The quantitative estimate of drug-likeness (QED) is 0.609. The molecule has 1 aromatic heterocycles. The lowest BCUT2D eigenvalue weighted by atomic mass is 10.0. The molecule has 0 fully saturated rings. The summed E-state index contributed by atoms with van der Waals surface area (Å²) in [6, 6.07) is 8.14. The van der Waals surface area contributed by atoms with Crippen LogP contribution in [0.2, 0.25) is 5.02 Å². The first-order chi connectivity index (χ1) is 11.5. The van der Waals surface area contributed by atoms with Crippen LogP contribution in [0.15, 0.2) is 47.1 Å². The van der Waals surface area contributed by atoms with Crippen LogP contribution in [0.1, 0.15) is 28.6 Å². The van der Waals surface area contributed by atoms with Crippen molar-refractivity contribution in [2.45, 2.75) is 12.5 Å². The van der Waals surface area contributed by atoms with Gasteiger partial charge in [0, 0.05) is 5.02 Å². The number of carbonyl (C=O) groups is 3. The lowest BCUT2D eigenvalue weighted by molar-refractivity contribution is -0.122. The molecule has 0 radical (unpaired) electrons. The van der Waals surface area contributed by atoms with E-state index in [1.54, 1.807) is 30.3 Å². The number of amides is 4. The van der Waals surface area contributed by atoms with Crippen LogP contribution < -0.4 is 21.9 Å². The van der Waals surface area contributed by atoms with E-state index < -0.39 is 23.9 Å². The van der Waals surface area contributed by atoms with Crippen LogP contribution >= 0.6 is 11.6 Å². The molecule has 8 nitrogen and oxygen atoms in total. The molecule has 2 aromatic rings. The van der Waals surface area contributed by atoms with E-state index in [9.17, 15) is 14.4 Å². The molecule has 1 aromatic carbocycles. The molecule has 1 heterocycles. The summed E-state index contributed by atoms with van der Waals surface area (Å²) in [6.45, 7) is 0. The van der Waals surface area contributed by atoms with Crippen molar-refractivity contribution in [1.82, 2.24) is 16.2 Å². The van der Waals surface area contributed by atoms with E-state index in [0.29, 0.717) is 10.6 Å². The van der Waals surface area contributed by atoms with Gasteiger partial charge < -0.3 is 15.5 Å². The Labute approximate surface area is 142 Å². The topological polar surface area (TPSA) is 126 Å². The number of nitrogens with two attached hydrogens (primary N) is 1. The van der Waals surface area contributed by atoms with Crippen molar-refractivity contribution in [1.29, 1.82) is 0 Å². The number of hydrogen-bond acceptors (Lipinski definition) is 4. The number of rotatable bonds is 5. The highest BCUT2D eigenvalue weighted by atomic mass is 35.5. The fraction of sp³-hybridized carbons (Fsp3) is 0.133. The fourth-order valence-corrected chi connectivity index (χ4v) is 2.08. The van der Waals surface area contributed by atoms with Crippen LogP contribution in [0.4, 0.5) is 4.79 Å². The Morgan fingerprint density at radius 3 is 2.42 bits per heavy atom. The Morgan fingerprint density at radius 2 is 1.83 bits per heavy atom. The van der Waals surface area contributed by atoms with Crippen LogP contribution in [-0.2, 0) is 4.79 Å². The molecule has 9 heteroatoms. The summed E-state index contributed by atoms with van der Waals surface area (Å²) >= 11 is 5.81. The van der Waals surface area contributed by atoms with E-state index in [0.717, 1.165) is 0 Å². The first-order valence-electron chi connectivity index (χ1n) is 6.90. The van der Waals surface area contributed by atoms with Gasteiger partial charge in [0.25, 0.3) is 0 Å². The maximum Gasteiger partial charge on any atom is 0.312 e. The minimum absolute atomic E-state index is 0.0554. The number of primary amides is 1. The van der Waals surface area contributed by atoms with Gasteiger partial charge in [-0.05, 0) is 29.8 Å². The lowest BCUT2D eigenvalue weighted by Gasteiger charge is -2.18. The predicted octanol–water partition coefficient (Wildman–Crippen LogP) is 1.49. The molecule has 0 unspecified atom stereocenters. The van der Waals surface area contributed by atoms with Crippen molar-refractivity contribution >= 4 is 29.4 Å². The Kier molecular flexibility index (Phi) is 5.80. The summed E-state index contributed by atoms with van der Waals surface area (Å²) in [5.41, 5.74) is 10.2. The van der Waals surface area contributed by atoms with Crippen LogP contribution in [0, 0.1) is 0 Å². The Bertz CT molecular complexity index is 716. The molecule has 0 saturated heterocycles. The van der Waals surface area contributed by atoms with Crippen molar-refractivity contribution in [3.8, 4) is 0 Å². The molecule has 0 aliphatic carbocycles. The van der Waals surface area contributed by atoms with Gasteiger partial charge in [0.2, 0.25) is 5.91 Å². The highest BCUT2D eigenvalue weighted by molar-refractivity contribution is 6.30. The first kappa shape index (κ1) is 17.4. The second-order valence-electron chi connectivity index (χ2n) is 4.80. The molecule has 0 bridgehead atoms. The molecule has 0 spiro atoms. The van der Waals surface area contributed by atoms with Gasteiger partial charge in [-0.1, -0.05) is 23.7 Å². The SMILES string of the molecule is NC(=O)N[C@@H](CC(=O)NNC(=O)c1ccco1)c1ccc(Cl)cc1. The summed E-state index contributed by atoms with van der Waals surface area (Å²) in [5.74, 6) is -1.07. The van der Waals surface area contributed by atoms with E-state index in [1.807, 2.05) is 0 Å². The van der Waals surface area contributed by atoms with E-state index in [2.05, 4.69) is 16.2 Å². The van der Waals surface area contributed by atoms with Crippen molar-refractivity contribution in [3.05, 3.63) is 59.0 Å². The lowest BCUT2D eigenvalue weighted by Crippen LogP contribution is -2.43. The molecule has 5 N–H and O–H groups in total. The summed E-state index contributed by atoms with van der Waals surface area (Å²) in [7, 11) is 0. The third-order valence-corrected chi connectivity index (χ3v) is 3.29. The zero-order chi connectivity index (χ0) is 17.5. The third-order valence-electron chi connectivity index (χ3n) is 3.04. The first-order valence-corrected chi connectivity index (χ1v) is 7.27. The van der Waals surface area contributed by atoms with Crippen LogP contribution in [0.25, 0.3) is 0 Å². The van der Waals surface area contributed by atoms with Gasteiger partial charge >= 0.3 is 11.9 Å². The van der Waals surface area contributed by atoms with E-state index >= 15 is 0 Å².